The molecule has 1 N–H and O–H groups in total. The van der Waals surface area contributed by atoms with Crippen molar-refractivity contribution in [2.75, 3.05) is 13.1 Å². The molecule has 0 atom stereocenters. The Morgan fingerprint density at radius 1 is 1.09 bits per heavy atom. The maximum Gasteiger partial charge on any atom is 0.410 e. The zero-order chi connectivity index (χ0) is 24.4. The number of likely N-dealkylation sites (tertiary alicyclic amines) is 1. The van der Waals surface area contributed by atoms with Crippen LogP contribution in [0.3, 0.4) is 0 Å². The number of aromatic amines is 1. The van der Waals surface area contributed by atoms with Crippen LogP contribution in [0.4, 0.5) is 4.79 Å². The predicted molar refractivity (Wildman–Crippen MR) is 133 cm³/mol. The first-order valence-corrected chi connectivity index (χ1v) is 11.9. The molecule has 0 aliphatic carbocycles. The van der Waals surface area contributed by atoms with Crippen molar-refractivity contribution < 1.29 is 14.3 Å². The van der Waals surface area contributed by atoms with Crippen molar-refractivity contribution in [3.8, 4) is 22.9 Å². The van der Waals surface area contributed by atoms with Crippen LogP contribution in [-0.2, 0) is 4.74 Å². The van der Waals surface area contributed by atoms with E-state index < -0.39 is 5.60 Å². The average Bonchev–Trinajstić information content (AvgIpc) is 3.33. The van der Waals surface area contributed by atoms with Gasteiger partial charge in [-0.2, -0.15) is 5.10 Å². The van der Waals surface area contributed by atoms with E-state index in [2.05, 4.69) is 21.2 Å². The molecule has 8 heteroatoms. The number of nitrogens with zero attached hydrogens (tertiary/aromatic N) is 4. The summed E-state index contributed by atoms with van der Waals surface area (Å²) in [6.07, 6.45) is 4.96. The van der Waals surface area contributed by atoms with Gasteiger partial charge in [-0.05, 0) is 70.0 Å². The Morgan fingerprint density at radius 3 is 2.54 bits per heavy atom. The number of carbonyl (C=O) groups is 1. The van der Waals surface area contributed by atoms with Crippen LogP contribution in [0.15, 0.2) is 60.9 Å². The fourth-order valence-electron chi connectivity index (χ4n) is 4.28. The van der Waals surface area contributed by atoms with Crippen LogP contribution in [0, 0.1) is 0 Å². The number of benzene rings is 1. The summed E-state index contributed by atoms with van der Waals surface area (Å²) >= 11 is 0. The number of carbonyl (C=O) groups excluding carboxylic acids is 1. The molecule has 1 fully saturated rings. The summed E-state index contributed by atoms with van der Waals surface area (Å²) in [7, 11) is 0. The molecule has 1 aliphatic heterocycles. The zero-order valence-corrected chi connectivity index (χ0v) is 20.2. The van der Waals surface area contributed by atoms with E-state index in [0.717, 1.165) is 40.7 Å². The van der Waals surface area contributed by atoms with E-state index in [4.69, 9.17) is 14.5 Å². The minimum Gasteiger partial charge on any atom is -0.444 e. The topological polar surface area (TPSA) is 93.2 Å². The Balaban J connectivity index is 1.35. The molecule has 1 saturated heterocycles. The summed E-state index contributed by atoms with van der Waals surface area (Å²) in [6.45, 7) is 6.97. The number of nitrogens with one attached hydrogen (secondary N) is 1. The molecule has 0 unspecified atom stereocenters. The van der Waals surface area contributed by atoms with Gasteiger partial charge in [0.1, 0.15) is 11.4 Å². The van der Waals surface area contributed by atoms with Crippen LogP contribution in [-0.4, -0.2) is 49.8 Å². The van der Waals surface area contributed by atoms with E-state index in [-0.39, 0.29) is 12.0 Å². The quantitative estimate of drug-likeness (QED) is 0.397. The predicted octanol–water partition coefficient (Wildman–Crippen LogP) is 5.93. The van der Waals surface area contributed by atoms with E-state index in [0.29, 0.717) is 24.7 Å². The first-order valence-electron chi connectivity index (χ1n) is 11.9. The highest BCUT2D eigenvalue weighted by molar-refractivity contribution is 5.91. The number of aromatic nitrogens is 4. The summed E-state index contributed by atoms with van der Waals surface area (Å²) in [5.41, 5.74) is 3.26. The zero-order valence-electron chi connectivity index (χ0n) is 20.2. The number of fused-ring (bicyclic) bond motifs is 1. The van der Waals surface area contributed by atoms with Gasteiger partial charge in [-0.3, -0.25) is 10.1 Å². The summed E-state index contributed by atoms with van der Waals surface area (Å²) in [5, 5.41) is 8.36. The maximum atomic E-state index is 12.4. The lowest BCUT2D eigenvalue weighted by molar-refractivity contribution is 0.0204. The van der Waals surface area contributed by atoms with Crippen LogP contribution >= 0.6 is 0 Å². The van der Waals surface area contributed by atoms with Crippen LogP contribution < -0.4 is 4.74 Å². The van der Waals surface area contributed by atoms with Crippen molar-refractivity contribution in [3.05, 3.63) is 66.6 Å². The highest BCUT2D eigenvalue weighted by Gasteiger charge is 2.28. The average molecular weight is 472 g/mol. The van der Waals surface area contributed by atoms with Crippen LogP contribution in [0.25, 0.3) is 22.2 Å². The molecule has 0 spiro atoms. The highest BCUT2D eigenvalue weighted by Crippen LogP contribution is 2.34. The SMILES string of the molecule is CC(C)(C)OC(=O)N1CCC(c2cc3cn[nH]c3c(-c3ccc(Oc4ccccn4)cc3)n2)CC1. The number of H-pyrrole nitrogens is 1. The molecule has 0 saturated carbocycles. The smallest absolute Gasteiger partial charge is 0.410 e. The molecule has 3 aromatic heterocycles. The minimum atomic E-state index is -0.491. The van der Waals surface area contributed by atoms with Gasteiger partial charge in [0, 0.05) is 47.9 Å². The van der Waals surface area contributed by atoms with Crippen LogP contribution in [0.1, 0.15) is 45.2 Å². The molecule has 1 aromatic carbocycles. The fourth-order valence-corrected chi connectivity index (χ4v) is 4.28. The lowest BCUT2D eigenvalue weighted by Crippen LogP contribution is -2.41. The second-order valence-electron chi connectivity index (χ2n) is 9.77. The molecule has 1 aliphatic rings. The molecular weight excluding hydrogens is 442 g/mol. The van der Waals surface area contributed by atoms with Gasteiger partial charge >= 0.3 is 6.09 Å². The third-order valence-corrected chi connectivity index (χ3v) is 6.00. The van der Waals surface area contributed by atoms with Gasteiger partial charge in [0.05, 0.1) is 17.4 Å². The van der Waals surface area contributed by atoms with Gasteiger partial charge in [0.15, 0.2) is 0 Å². The number of hydrogen-bond acceptors (Lipinski definition) is 6. The van der Waals surface area contributed by atoms with E-state index >= 15 is 0 Å². The summed E-state index contributed by atoms with van der Waals surface area (Å²) < 4.78 is 11.4. The number of piperidine rings is 1. The largest absolute Gasteiger partial charge is 0.444 e. The normalized spacial score (nSPS) is 14.8. The molecular formula is C27H29N5O3. The number of ether oxygens (including phenoxy) is 2. The highest BCUT2D eigenvalue weighted by atomic mass is 16.6. The molecule has 1 amide bonds. The Hall–Kier alpha value is -3.94. The molecule has 0 radical (unpaired) electrons. The monoisotopic (exact) mass is 471 g/mol. The Kier molecular flexibility index (Phi) is 6.11. The number of hydrogen-bond donors (Lipinski definition) is 1. The Bertz CT molecular complexity index is 1300. The summed E-state index contributed by atoms with van der Waals surface area (Å²) in [4.78, 5) is 23.5. The molecule has 4 aromatic rings. The van der Waals surface area contributed by atoms with E-state index in [1.165, 1.54) is 0 Å². The van der Waals surface area contributed by atoms with Gasteiger partial charge in [0.25, 0.3) is 0 Å². The molecule has 180 valence electrons. The van der Waals surface area contributed by atoms with Crippen molar-refractivity contribution in [2.45, 2.75) is 45.1 Å². The summed E-state index contributed by atoms with van der Waals surface area (Å²) in [6, 6.07) is 15.5. The van der Waals surface area contributed by atoms with Gasteiger partial charge in [0.2, 0.25) is 5.88 Å². The molecule has 0 bridgehead atoms. The van der Waals surface area contributed by atoms with E-state index in [1.54, 1.807) is 11.1 Å². The molecule has 5 rings (SSSR count). The lowest BCUT2D eigenvalue weighted by atomic mass is 9.92. The van der Waals surface area contributed by atoms with Gasteiger partial charge in [-0.1, -0.05) is 6.07 Å². The summed E-state index contributed by atoms with van der Waals surface area (Å²) in [5.74, 6) is 1.52. The first-order chi connectivity index (χ1) is 16.9. The Labute approximate surface area is 204 Å². The van der Waals surface area contributed by atoms with Crippen molar-refractivity contribution >= 4 is 17.0 Å². The Morgan fingerprint density at radius 2 is 1.86 bits per heavy atom. The number of pyridine rings is 2. The second kappa shape index (κ2) is 9.37. The van der Waals surface area contributed by atoms with Crippen molar-refractivity contribution in [3.63, 3.8) is 0 Å². The lowest BCUT2D eigenvalue weighted by Gasteiger charge is -2.33. The number of amides is 1. The molecule has 4 heterocycles. The fraction of sp³-hybridized carbons (Fsp3) is 0.333. The third kappa shape index (κ3) is 5.26. The van der Waals surface area contributed by atoms with E-state index in [1.807, 2.05) is 69.4 Å². The van der Waals surface area contributed by atoms with Crippen molar-refractivity contribution in [2.24, 2.45) is 0 Å². The van der Waals surface area contributed by atoms with Crippen molar-refractivity contribution in [1.82, 2.24) is 25.1 Å². The van der Waals surface area contributed by atoms with Gasteiger partial charge in [-0.25, -0.2) is 9.78 Å². The third-order valence-electron chi connectivity index (χ3n) is 6.00. The second-order valence-corrected chi connectivity index (χ2v) is 9.77. The molecule has 35 heavy (non-hydrogen) atoms. The molecule has 8 nitrogen and oxygen atoms in total. The first kappa shape index (κ1) is 22.8. The van der Waals surface area contributed by atoms with Gasteiger partial charge < -0.3 is 14.4 Å². The van der Waals surface area contributed by atoms with Gasteiger partial charge in [-0.15, -0.1) is 0 Å². The van der Waals surface area contributed by atoms with Crippen LogP contribution in [0.5, 0.6) is 11.6 Å². The van der Waals surface area contributed by atoms with Crippen LogP contribution in [0.2, 0.25) is 0 Å². The number of rotatable bonds is 4. The van der Waals surface area contributed by atoms with E-state index in [9.17, 15) is 4.79 Å². The minimum absolute atomic E-state index is 0.247. The maximum absolute atomic E-state index is 12.4. The standard InChI is InChI=1S/C27H29N5O3/c1-27(2,3)35-26(33)32-14-11-18(12-15-32)22-16-20-17-29-31-25(20)24(30-22)19-7-9-21(10-8-19)34-23-6-4-5-13-28-23/h4-10,13,16-18H,11-12,14-15H2,1-3H3,(H,29,31). The van der Waals surface area contributed by atoms with Crippen molar-refractivity contribution in [1.29, 1.82) is 0 Å².